The number of nitrogens with zero attached hydrogens (tertiary/aromatic N) is 2. The summed E-state index contributed by atoms with van der Waals surface area (Å²) in [5, 5.41) is 3.70. The minimum Gasteiger partial charge on any atom is -0.372 e. The summed E-state index contributed by atoms with van der Waals surface area (Å²) in [6.45, 7) is 0.444. The van der Waals surface area contributed by atoms with Gasteiger partial charge in [-0.2, -0.15) is 18.2 Å². The van der Waals surface area contributed by atoms with Gasteiger partial charge in [0.25, 0.3) is 0 Å². The lowest BCUT2D eigenvalue weighted by molar-refractivity contribution is -0.173. The second-order valence-electron chi connectivity index (χ2n) is 4.99. The van der Waals surface area contributed by atoms with E-state index < -0.39 is 18.3 Å². The van der Waals surface area contributed by atoms with Crippen molar-refractivity contribution in [2.24, 2.45) is 11.7 Å². The van der Waals surface area contributed by atoms with Gasteiger partial charge in [-0.3, -0.25) is 0 Å². The van der Waals surface area contributed by atoms with Crippen molar-refractivity contribution in [1.82, 2.24) is 10.1 Å². The Balaban J connectivity index is 1.81. The highest BCUT2D eigenvalue weighted by Crippen LogP contribution is 2.43. The highest BCUT2D eigenvalue weighted by molar-refractivity contribution is 5.07. The molecule has 1 unspecified atom stereocenters. The Bertz CT molecular complexity index is 427. The Morgan fingerprint density at radius 3 is 2.68 bits per heavy atom. The zero-order valence-electron chi connectivity index (χ0n) is 10.5. The summed E-state index contributed by atoms with van der Waals surface area (Å²) < 4.78 is 45.1. The van der Waals surface area contributed by atoms with Gasteiger partial charge in [0, 0.05) is 6.42 Å². The van der Waals surface area contributed by atoms with Gasteiger partial charge in [0.1, 0.15) is 6.61 Å². The van der Waals surface area contributed by atoms with E-state index in [1.54, 1.807) is 0 Å². The zero-order chi connectivity index (χ0) is 14.1. The van der Waals surface area contributed by atoms with Gasteiger partial charge in [-0.15, -0.1) is 0 Å². The molecule has 0 saturated heterocycles. The molecule has 1 heterocycles. The molecule has 0 spiro atoms. The number of rotatable bonds is 6. The number of alkyl halides is 3. The maximum absolute atomic E-state index is 11.8. The smallest absolute Gasteiger partial charge is 0.372 e. The Labute approximate surface area is 108 Å². The fourth-order valence-electron chi connectivity index (χ4n) is 1.78. The summed E-state index contributed by atoms with van der Waals surface area (Å²) in [4.78, 5) is 4.11. The molecule has 1 aliphatic rings. The van der Waals surface area contributed by atoms with Gasteiger partial charge in [0.2, 0.25) is 5.89 Å². The van der Waals surface area contributed by atoms with E-state index in [9.17, 15) is 13.2 Å². The van der Waals surface area contributed by atoms with E-state index in [0.29, 0.717) is 17.6 Å². The third-order valence-corrected chi connectivity index (χ3v) is 3.09. The van der Waals surface area contributed by atoms with E-state index in [-0.39, 0.29) is 13.0 Å². The highest BCUT2D eigenvalue weighted by Gasteiger charge is 2.43. The molecule has 5 nitrogen and oxygen atoms in total. The van der Waals surface area contributed by atoms with Crippen LogP contribution < -0.4 is 5.73 Å². The van der Waals surface area contributed by atoms with E-state index in [4.69, 9.17) is 10.3 Å². The Hall–Kier alpha value is -1.15. The summed E-state index contributed by atoms with van der Waals surface area (Å²) in [6, 6.07) is 0. The second kappa shape index (κ2) is 5.09. The number of aromatic nitrogens is 2. The number of halogens is 3. The Morgan fingerprint density at radius 2 is 2.11 bits per heavy atom. The molecule has 1 aromatic heterocycles. The van der Waals surface area contributed by atoms with Crippen LogP contribution in [-0.2, 0) is 16.7 Å². The Morgan fingerprint density at radius 1 is 1.42 bits per heavy atom. The van der Waals surface area contributed by atoms with Crippen LogP contribution in [0, 0.1) is 5.92 Å². The molecule has 0 amide bonds. The largest absolute Gasteiger partial charge is 0.411 e. The summed E-state index contributed by atoms with van der Waals surface area (Å²) in [5.41, 5.74) is 5.44. The molecule has 0 aromatic carbocycles. The van der Waals surface area contributed by atoms with E-state index in [1.807, 2.05) is 6.92 Å². The third kappa shape index (κ3) is 3.90. The molecule has 1 aromatic rings. The topological polar surface area (TPSA) is 74.2 Å². The van der Waals surface area contributed by atoms with Crippen LogP contribution in [0.3, 0.4) is 0 Å². The van der Waals surface area contributed by atoms with Gasteiger partial charge in [0.05, 0.1) is 12.1 Å². The summed E-state index contributed by atoms with van der Waals surface area (Å²) in [6.07, 6.45) is -2.09. The fourth-order valence-corrected chi connectivity index (χ4v) is 1.78. The van der Waals surface area contributed by atoms with Crippen molar-refractivity contribution in [2.75, 3.05) is 13.2 Å². The highest BCUT2D eigenvalue weighted by atomic mass is 19.4. The predicted molar refractivity (Wildman–Crippen MR) is 59.1 cm³/mol. The van der Waals surface area contributed by atoms with E-state index in [2.05, 4.69) is 14.9 Å². The molecule has 1 atom stereocenters. The van der Waals surface area contributed by atoms with Gasteiger partial charge in [-0.25, -0.2) is 0 Å². The second-order valence-corrected chi connectivity index (χ2v) is 4.99. The monoisotopic (exact) mass is 279 g/mol. The average Bonchev–Trinajstić information content (AvgIpc) is 3.04. The molecule has 19 heavy (non-hydrogen) atoms. The molecule has 0 radical (unpaired) electrons. The standard InChI is InChI=1S/C11H16F3N3O2/c1-10(15,7-2-3-7)9-16-8(17-19-9)4-5-18-6-11(12,13)14/h7H,2-6,15H2,1H3. The average molecular weight is 279 g/mol. The molecule has 1 aliphatic carbocycles. The molecule has 108 valence electrons. The lowest BCUT2D eigenvalue weighted by Crippen LogP contribution is -2.35. The fraction of sp³-hybridized carbons (Fsp3) is 0.818. The summed E-state index contributed by atoms with van der Waals surface area (Å²) in [7, 11) is 0. The van der Waals surface area contributed by atoms with Gasteiger partial charge in [-0.05, 0) is 25.7 Å². The lowest BCUT2D eigenvalue weighted by Gasteiger charge is -2.18. The minimum absolute atomic E-state index is 0.108. The van der Waals surface area contributed by atoms with Crippen molar-refractivity contribution in [3.05, 3.63) is 11.7 Å². The van der Waals surface area contributed by atoms with Crippen molar-refractivity contribution in [1.29, 1.82) is 0 Å². The quantitative estimate of drug-likeness (QED) is 0.803. The minimum atomic E-state index is -4.32. The molecule has 0 bridgehead atoms. The van der Waals surface area contributed by atoms with Gasteiger partial charge < -0.3 is 15.0 Å². The molecular formula is C11H16F3N3O2. The van der Waals surface area contributed by atoms with E-state index in [1.165, 1.54) is 0 Å². The molecule has 0 aliphatic heterocycles. The van der Waals surface area contributed by atoms with Gasteiger partial charge >= 0.3 is 6.18 Å². The first-order valence-electron chi connectivity index (χ1n) is 6.05. The summed E-state index contributed by atoms with van der Waals surface area (Å²) >= 11 is 0. The first-order valence-corrected chi connectivity index (χ1v) is 6.05. The van der Waals surface area contributed by atoms with Crippen LogP contribution in [0.1, 0.15) is 31.5 Å². The van der Waals surface area contributed by atoms with Crippen molar-refractivity contribution in [2.45, 2.75) is 37.9 Å². The van der Waals surface area contributed by atoms with Crippen LogP contribution in [0.5, 0.6) is 0 Å². The van der Waals surface area contributed by atoms with Crippen molar-refractivity contribution in [3.8, 4) is 0 Å². The van der Waals surface area contributed by atoms with Crippen LogP contribution in [-0.4, -0.2) is 29.5 Å². The Kier molecular flexibility index (Phi) is 3.82. The predicted octanol–water partition coefficient (Wildman–Crippen LogP) is 1.77. The molecule has 1 fully saturated rings. The maximum Gasteiger partial charge on any atom is 0.411 e. The van der Waals surface area contributed by atoms with Crippen LogP contribution in [0.2, 0.25) is 0 Å². The van der Waals surface area contributed by atoms with Crippen LogP contribution in [0.15, 0.2) is 4.52 Å². The van der Waals surface area contributed by atoms with Crippen molar-refractivity contribution in [3.63, 3.8) is 0 Å². The number of hydrogen-bond donors (Lipinski definition) is 1. The van der Waals surface area contributed by atoms with Crippen LogP contribution in [0.25, 0.3) is 0 Å². The summed E-state index contributed by atoms with van der Waals surface area (Å²) in [5.74, 6) is 0.984. The SMILES string of the molecule is CC(N)(c1nc(CCOCC(F)(F)F)no1)C1CC1. The first kappa shape index (κ1) is 14.3. The van der Waals surface area contributed by atoms with Crippen molar-refractivity contribution >= 4 is 0 Å². The molecule has 1 saturated carbocycles. The van der Waals surface area contributed by atoms with Gasteiger partial charge in [-0.1, -0.05) is 5.16 Å². The molecule has 8 heteroatoms. The van der Waals surface area contributed by atoms with E-state index in [0.717, 1.165) is 12.8 Å². The third-order valence-electron chi connectivity index (χ3n) is 3.09. The number of hydrogen-bond acceptors (Lipinski definition) is 5. The van der Waals surface area contributed by atoms with Crippen LogP contribution in [0.4, 0.5) is 13.2 Å². The zero-order valence-corrected chi connectivity index (χ0v) is 10.5. The van der Waals surface area contributed by atoms with Crippen LogP contribution >= 0.6 is 0 Å². The normalized spacial score (nSPS) is 19.4. The lowest BCUT2D eigenvalue weighted by atomic mass is 9.97. The van der Waals surface area contributed by atoms with Crippen molar-refractivity contribution < 1.29 is 22.4 Å². The molecular weight excluding hydrogens is 263 g/mol. The van der Waals surface area contributed by atoms with E-state index >= 15 is 0 Å². The molecule has 2 rings (SSSR count). The number of nitrogens with two attached hydrogens (primary N) is 1. The molecule has 2 N–H and O–H groups in total. The van der Waals surface area contributed by atoms with Gasteiger partial charge in [0.15, 0.2) is 5.82 Å². The first-order chi connectivity index (χ1) is 8.79. The maximum atomic E-state index is 11.8. The number of ether oxygens (including phenoxy) is 1.